The van der Waals surface area contributed by atoms with Gasteiger partial charge >= 0.3 is 0 Å². The first kappa shape index (κ1) is 30.9. The molecule has 0 unspecified atom stereocenters. The van der Waals surface area contributed by atoms with Gasteiger partial charge in [0, 0.05) is 49.4 Å². The lowest BCUT2D eigenvalue weighted by Gasteiger charge is -2.16. The van der Waals surface area contributed by atoms with Gasteiger partial charge in [0.25, 0.3) is 0 Å². The smallest absolute Gasteiger partial charge is 0.146 e. The lowest BCUT2D eigenvalue weighted by molar-refractivity contribution is 0.673. The van der Waals surface area contributed by atoms with E-state index in [0.29, 0.717) is 0 Å². The van der Waals surface area contributed by atoms with Crippen LogP contribution in [0.2, 0.25) is 0 Å². The molecule has 262 valence electrons. The number of aromatic nitrogens is 4. The minimum atomic E-state index is 0.872. The number of hydrogen-bond acceptors (Lipinski definition) is 3. The number of benzene rings is 8. The van der Waals surface area contributed by atoms with Crippen molar-refractivity contribution in [1.29, 1.82) is 0 Å². The predicted octanol–water partition coefficient (Wildman–Crippen LogP) is 13.4. The van der Waals surface area contributed by atoms with Gasteiger partial charge in [-0.3, -0.25) is 0 Å². The van der Waals surface area contributed by atoms with Crippen LogP contribution in [0.3, 0.4) is 0 Å². The number of hydrogen-bond donors (Lipinski definition) is 0. The summed E-state index contributed by atoms with van der Waals surface area (Å²) in [5.74, 6) is 0. The molecule has 8 aromatic carbocycles. The van der Waals surface area contributed by atoms with E-state index in [1.54, 1.807) is 0 Å². The second kappa shape index (κ2) is 11.7. The van der Waals surface area contributed by atoms with Gasteiger partial charge in [-0.25, -0.2) is 9.97 Å². The van der Waals surface area contributed by atoms with Gasteiger partial charge in [0.2, 0.25) is 0 Å². The van der Waals surface area contributed by atoms with Gasteiger partial charge in [0.1, 0.15) is 11.2 Å². The Labute approximate surface area is 321 Å². The molecule has 4 aromatic heterocycles. The van der Waals surface area contributed by atoms with Crippen LogP contribution in [-0.4, -0.2) is 19.1 Å². The first-order chi connectivity index (χ1) is 27.7. The fraction of sp³-hybridized carbons (Fsp3) is 0.0196. The van der Waals surface area contributed by atoms with Gasteiger partial charge in [0.05, 0.1) is 49.9 Å². The van der Waals surface area contributed by atoms with Crippen molar-refractivity contribution in [3.05, 3.63) is 181 Å². The zero-order valence-corrected chi connectivity index (χ0v) is 30.4. The number of fused-ring (bicyclic) bond motifs is 13. The van der Waals surface area contributed by atoms with Crippen LogP contribution in [0.4, 0.5) is 0 Å². The van der Waals surface area contributed by atoms with E-state index in [0.717, 1.165) is 105 Å². The first-order valence-corrected chi connectivity index (χ1v) is 19.0. The molecule has 0 radical (unpaired) electrons. The Morgan fingerprint density at radius 1 is 0.446 bits per heavy atom. The van der Waals surface area contributed by atoms with E-state index in [2.05, 4.69) is 162 Å². The van der Waals surface area contributed by atoms with Gasteiger partial charge in [-0.15, -0.1) is 0 Å². The van der Waals surface area contributed by atoms with Crippen molar-refractivity contribution in [3.8, 4) is 33.9 Å². The van der Waals surface area contributed by atoms with Crippen molar-refractivity contribution in [1.82, 2.24) is 19.1 Å². The standard InChI is InChI=1S/C51H32N4O/c1-31-30-34(28-29-35(31)48-47(32-16-4-2-5-17-32)52-39-23-11-12-24-40(39)53-48)55-42-26-14-9-21-37(42)46-50(55)49-44(45-38-22-10-15-27-43(38)56-51(45)46)36-20-8-13-25-41(36)54(49)33-18-6-3-7-19-33/h2-30H,1H3. The quantitative estimate of drug-likeness (QED) is 0.182. The van der Waals surface area contributed by atoms with E-state index < -0.39 is 0 Å². The average molecular weight is 717 g/mol. The van der Waals surface area contributed by atoms with Gasteiger partial charge < -0.3 is 13.6 Å². The second-order valence-corrected chi connectivity index (χ2v) is 14.6. The molecule has 56 heavy (non-hydrogen) atoms. The summed E-state index contributed by atoms with van der Waals surface area (Å²) in [6.45, 7) is 2.19. The molecule has 0 N–H and O–H groups in total. The van der Waals surface area contributed by atoms with Crippen molar-refractivity contribution in [2.45, 2.75) is 6.92 Å². The van der Waals surface area contributed by atoms with E-state index in [9.17, 15) is 0 Å². The van der Waals surface area contributed by atoms with E-state index >= 15 is 0 Å². The van der Waals surface area contributed by atoms with Crippen LogP contribution < -0.4 is 0 Å². The van der Waals surface area contributed by atoms with Gasteiger partial charge in [-0.1, -0.05) is 121 Å². The van der Waals surface area contributed by atoms with Gasteiger partial charge in [0.15, 0.2) is 0 Å². The molecule has 0 aliphatic carbocycles. The predicted molar refractivity (Wildman–Crippen MR) is 231 cm³/mol. The largest absolute Gasteiger partial charge is 0.455 e. The normalized spacial score (nSPS) is 12.0. The highest BCUT2D eigenvalue weighted by Crippen LogP contribution is 2.49. The number of para-hydroxylation sites is 6. The highest BCUT2D eigenvalue weighted by atomic mass is 16.3. The maximum atomic E-state index is 6.95. The molecule has 5 heteroatoms. The molecule has 0 aliphatic rings. The summed E-state index contributed by atoms with van der Waals surface area (Å²) in [5, 5.41) is 6.89. The Kier molecular flexibility index (Phi) is 6.48. The number of rotatable bonds is 4. The number of furan rings is 1. The van der Waals surface area contributed by atoms with Gasteiger partial charge in [-0.2, -0.15) is 0 Å². The Hall–Kier alpha value is -7.50. The molecule has 12 aromatic rings. The topological polar surface area (TPSA) is 48.8 Å². The summed E-state index contributed by atoms with van der Waals surface area (Å²) in [6.07, 6.45) is 0. The fourth-order valence-electron chi connectivity index (χ4n) is 9.03. The summed E-state index contributed by atoms with van der Waals surface area (Å²) in [4.78, 5) is 10.4. The van der Waals surface area contributed by atoms with Crippen molar-refractivity contribution >= 4 is 76.6 Å². The molecule has 0 aliphatic heterocycles. The second-order valence-electron chi connectivity index (χ2n) is 14.6. The molecule has 0 atom stereocenters. The van der Waals surface area contributed by atoms with Crippen LogP contribution in [0.5, 0.6) is 0 Å². The van der Waals surface area contributed by atoms with Gasteiger partial charge in [-0.05, 0) is 67.1 Å². The average Bonchev–Trinajstić information content (AvgIpc) is 3.92. The van der Waals surface area contributed by atoms with Crippen LogP contribution in [0, 0.1) is 6.92 Å². The van der Waals surface area contributed by atoms with Crippen molar-refractivity contribution < 1.29 is 4.42 Å². The lowest BCUT2D eigenvalue weighted by atomic mass is 9.99. The first-order valence-electron chi connectivity index (χ1n) is 19.0. The highest BCUT2D eigenvalue weighted by Gasteiger charge is 2.28. The minimum Gasteiger partial charge on any atom is -0.455 e. The molecule has 5 nitrogen and oxygen atoms in total. The summed E-state index contributed by atoms with van der Waals surface area (Å²) >= 11 is 0. The minimum absolute atomic E-state index is 0.872. The van der Waals surface area contributed by atoms with Crippen LogP contribution >= 0.6 is 0 Å². The molecule has 4 heterocycles. The van der Waals surface area contributed by atoms with Crippen LogP contribution in [0.25, 0.3) is 110 Å². The Balaban J connectivity index is 1.23. The molecule has 12 rings (SSSR count). The van der Waals surface area contributed by atoms with Crippen LogP contribution in [0.15, 0.2) is 180 Å². The molecule has 0 bridgehead atoms. The molecule has 0 fully saturated rings. The summed E-state index contributed by atoms with van der Waals surface area (Å²) in [5.41, 5.74) is 15.2. The third-order valence-electron chi connectivity index (χ3n) is 11.4. The van der Waals surface area contributed by atoms with E-state index in [1.165, 1.54) is 10.8 Å². The van der Waals surface area contributed by atoms with Crippen molar-refractivity contribution in [2.24, 2.45) is 0 Å². The molecular weight excluding hydrogens is 685 g/mol. The maximum absolute atomic E-state index is 6.95. The number of aryl methyl sites for hydroxylation is 1. The molecule has 0 spiro atoms. The Bertz CT molecular complexity index is 3540. The molecule has 0 saturated heterocycles. The third-order valence-corrected chi connectivity index (χ3v) is 11.4. The monoisotopic (exact) mass is 716 g/mol. The molecule has 0 saturated carbocycles. The SMILES string of the molecule is Cc1cc(-n2c3ccccc3c3c4oc5ccccc5c4c4c5ccccc5n(-c5ccccc5)c4c32)ccc1-c1nc2ccccc2nc1-c1ccccc1. The zero-order valence-electron chi connectivity index (χ0n) is 30.4. The molecule has 0 amide bonds. The summed E-state index contributed by atoms with van der Waals surface area (Å²) in [7, 11) is 0. The number of nitrogens with zero attached hydrogens (tertiary/aromatic N) is 4. The zero-order chi connectivity index (χ0) is 36.9. The maximum Gasteiger partial charge on any atom is 0.146 e. The lowest BCUT2D eigenvalue weighted by Crippen LogP contribution is -2.01. The van der Waals surface area contributed by atoms with E-state index in [-0.39, 0.29) is 0 Å². The highest BCUT2D eigenvalue weighted by molar-refractivity contribution is 6.39. The van der Waals surface area contributed by atoms with Crippen LogP contribution in [0.1, 0.15) is 5.56 Å². The van der Waals surface area contributed by atoms with E-state index in [1.807, 2.05) is 30.3 Å². The summed E-state index contributed by atoms with van der Waals surface area (Å²) in [6, 6.07) is 62.0. The molecular formula is C51H32N4O. The Morgan fingerprint density at radius 3 is 1.71 bits per heavy atom. The van der Waals surface area contributed by atoms with E-state index in [4.69, 9.17) is 14.4 Å². The van der Waals surface area contributed by atoms with Crippen molar-refractivity contribution in [2.75, 3.05) is 0 Å². The Morgan fingerprint density at radius 2 is 1.00 bits per heavy atom. The fourth-order valence-corrected chi connectivity index (χ4v) is 9.03. The van der Waals surface area contributed by atoms with Crippen molar-refractivity contribution in [3.63, 3.8) is 0 Å². The van der Waals surface area contributed by atoms with Crippen LogP contribution in [-0.2, 0) is 0 Å². The third kappa shape index (κ3) is 4.31. The summed E-state index contributed by atoms with van der Waals surface area (Å²) < 4.78 is 11.8.